The molecule has 1 atom stereocenters. The SMILES string of the molecule is Cc1noc(C)c1CNC(C)Cc1c(F)cccc1F. The maximum Gasteiger partial charge on any atom is 0.138 e. The van der Waals surface area contributed by atoms with E-state index in [2.05, 4.69) is 10.5 Å². The van der Waals surface area contributed by atoms with Crippen LogP contribution < -0.4 is 5.32 Å². The number of rotatable bonds is 5. The number of hydrogen-bond acceptors (Lipinski definition) is 3. The van der Waals surface area contributed by atoms with E-state index in [1.54, 1.807) is 0 Å². The maximum absolute atomic E-state index is 13.6. The van der Waals surface area contributed by atoms with Crippen molar-refractivity contribution in [1.82, 2.24) is 10.5 Å². The Labute approximate surface area is 117 Å². The Morgan fingerprint density at radius 1 is 1.20 bits per heavy atom. The summed E-state index contributed by atoms with van der Waals surface area (Å²) in [4.78, 5) is 0. The molecule has 1 heterocycles. The summed E-state index contributed by atoms with van der Waals surface area (Å²) in [5.74, 6) is -0.244. The number of nitrogens with zero attached hydrogens (tertiary/aromatic N) is 1. The minimum Gasteiger partial charge on any atom is -0.361 e. The first kappa shape index (κ1) is 14.7. The minimum atomic E-state index is -0.504. The van der Waals surface area contributed by atoms with E-state index < -0.39 is 11.6 Å². The zero-order valence-corrected chi connectivity index (χ0v) is 11.8. The Balaban J connectivity index is 1.98. The van der Waals surface area contributed by atoms with Gasteiger partial charge in [0.25, 0.3) is 0 Å². The summed E-state index contributed by atoms with van der Waals surface area (Å²) in [6.45, 7) is 6.18. The summed E-state index contributed by atoms with van der Waals surface area (Å²) in [5, 5.41) is 7.11. The van der Waals surface area contributed by atoms with E-state index in [9.17, 15) is 8.78 Å². The van der Waals surface area contributed by atoms with Crippen LogP contribution in [0.15, 0.2) is 22.7 Å². The highest BCUT2D eigenvalue weighted by atomic mass is 19.1. The van der Waals surface area contributed by atoms with Crippen LogP contribution in [0, 0.1) is 25.5 Å². The Morgan fingerprint density at radius 3 is 2.40 bits per heavy atom. The van der Waals surface area contributed by atoms with Crippen LogP contribution in [-0.2, 0) is 13.0 Å². The second kappa shape index (κ2) is 6.13. The van der Waals surface area contributed by atoms with E-state index >= 15 is 0 Å². The van der Waals surface area contributed by atoms with Gasteiger partial charge in [-0.1, -0.05) is 11.2 Å². The van der Waals surface area contributed by atoms with Gasteiger partial charge in [0.1, 0.15) is 17.4 Å². The third-order valence-electron chi connectivity index (χ3n) is 3.38. The number of hydrogen-bond donors (Lipinski definition) is 1. The molecular weight excluding hydrogens is 262 g/mol. The molecule has 0 aliphatic heterocycles. The van der Waals surface area contributed by atoms with E-state index in [1.165, 1.54) is 18.2 Å². The Hall–Kier alpha value is -1.75. The molecule has 0 spiro atoms. The van der Waals surface area contributed by atoms with Gasteiger partial charge in [-0.15, -0.1) is 0 Å². The zero-order chi connectivity index (χ0) is 14.7. The Morgan fingerprint density at radius 2 is 1.85 bits per heavy atom. The summed E-state index contributed by atoms with van der Waals surface area (Å²) >= 11 is 0. The highest BCUT2D eigenvalue weighted by Gasteiger charge is 2.14. The summed E-state index contributed by atoms with van der Waals surface area (Å²) < 4.78 is 32.2. The molecule has 20 heavy (non-hydrogen) atoms. The lowest BCUT2D eigenvalue weighted by Gasteiger charge is -2.14. The molecule has 2 aromatic rings. The third-order valence-corrected chi connectivity index (χ3v) is 3.38. The van der Waals surface area contributed by atoms with Gasteiger partial charge in [-0.25, -0.2) is 8.78 Å². The fourth-order valence-electron chi connectivity index (χ4n) is 2.14. The smallest absolute Gasteiger partial charge is 0.138 e. The summed E-state index contributed by atoms with van der Waals surface area (Å²) in [6.07, 6.45) is 0.294. The molecule has 1 unspecified atom stereocenters. The lowest BCUT2D eigenvalue weighted by molar-refractivity contribution is 0.391. The lowest BCUT2D eigenvalue weighted by atomic mass is 10.1. The van der Waals surface area contributed by atoms with Gasteiger partial charge < -0.3 is 9.84 Å². The van der Waals surface area contributed by atoms with E-state index in [4.69, 9.17) is 4.52 Å². The molecule has 0 aliphatic carbocycles. The predicted octanol–water partition coefficient (Wildman–Crippen LogP) is 3.29. The fourth-order valence-corrected chi connectivity index (χ4v) is 2.14. The first-order chi connectivity index (χ1) is 9.49. The van der Waals surface area contributed by atoms with Crippen LogP contribution in [0.4, 0.5) is 8.78 Å². The second-order valence-electron chi connectivity index (χ2n) is 4.99. The van der Waals surface area contributed by atoms with Gasteiger partial charge in [-0.2, -0.15) is 0 Å². The molecule has 108 valence electrons. The van der Waals surface area contributed by atoms with Gasteiger partial charge in [0.05, 0.1) is 5.69 Å². The van der Waals surface area contributed by atoms with Crippen molar-refractivity contribution in [2.75, 3.05) is 0 Å². The molecule has 1 N–H and O–H groups in total. The molecule has 0 saturated carbocycles. The van der Waals surface area contributed by atoms with Crippen LogP contribution in [0.5, 0.6) is 0 Å². The summed E-state index contributed by atoms with van der Waals surface area (Å²) in [5.41, 5.74) is 1.94. The minimum absolute atomic E-state index is 0.0601. The molecule has 0 bridgehead atoms. The lowest BCUT2D eigenvalue weighted by Crippen LogP contribution is -2.28. The molecule has 2 rings (SSSR count). The van der Waals surface area contributed by atoms with Crippen LogP contribution in [0.3, 0.4) is 0 Å². The van der Waals surface area contributed by atoms with Crippen LogP contribution in [0.25, 0.3) is 0 Å². The van der Waals surface area contributed by atoms with Crippen molar-refractivity contribution in [3.63, 3.8) is 0 Å². The summed E-state index contributed by atoms with van der Waals surface area (Å²) in [7, 11) is 0. The fraction of sp³-hybridized carbons (Fsp3) is 0.400. The van der Waals surface area contributed by atoms with E-state index in [1.807, 2.05) is 20.8 Å². The highest BCUT2D eigenvalue weighted by molar-refractivity contribution is 5.22. The van der Waals surface area contributed by atoms with Crippen LogP contribution in [0.1, 0.15) is 29.5 Å². The quantitative estimate of drug-likeness (QED) is 0.913. The average molecular weight is 280 g/mol. The molecule has 3 nitrogen and oxygen atoms in total. The van der Waals surface area contributed by atoms with Gasteiger partial charge in [-0.3, -0.25) is 0 Å². The van der Waals surface area contributed by atoms with Crippen molar-refractivity contribution in [1.29, 1.82) is 0 Å². The van der Waals surface area contributed by atoms with Gasteiger partial charge in [0.2, 0.25) is 0 Å². The molecule has 0 aliphatic rings. The van der Waals surface area contributed by atoms with Crippen molar-refractivity contribution in [3.05, 3.63) is 52.4 Å². The van der Waals surface area contributed by atoms with Crippen molar-refractivity contribution in [2.24, 2.45) is 0 Å². The molecule has 5 heteroatoms. The van der Waals surface area contributed by atoms with Gasteiger partial charge >= 0.3 is 0 Å². The van der Waals surface area contributed by atoms with Crippen molar-refractivity contribution >= 4 is 0 Å². The largest absolute Gasteiger partial charge is 0.361 e. The van der Waals surface area contributed by atoms with Gasteiger partial charge in [0.15, 0.2) is 0 Å². The zero-order valence-electron chi connectivity index (χ0n) is 11.8. The van der Waals surface area contributed by atoms with Crippen LogP contribution in [-0.4, -0.2) is 11.2 Å². The Kier molecular flexibility index (Phi) is 4.49. The maximum atomic E-state index is 13.6. The number of halogens is 2. The molecule has 0 saturated heterocycles. The van der Waals surface area contributed by atoms with Crippen LogP contribution in [0.2, 0.25) is 0 Å². The number of nitrogens with one attached hydrogen (secondary N) is 1. The molecule has 0 amide bonds. The van der Waals surface area contributed by atoms with Crippen LogP contribution >= 0.6 is 0 Å². The average Bonchev–Trinajstić information content (AvgIpc) is 2.71. The molecular formula is C15H18F2N2O. The van der Waals surface area contributed by atoms with Gasteiger partial charge in [0, 0.05) is 23.7 Å². The van der Waals surface area contributed by atoms with E-state index in [0.29, 0.717) is 13.0 Å². The third kappa shape index (κ3) is 3.22. The highest BCUT2D eigenvalue weighted by Crippen LogP contribution is 2.15. The first-order valence-corrected chi connectivity index (χ1v) is 6.57. The van der Waals surface area contributed by atoms with E-state index in [-0.39, 0.29) is 11.6 Å². The van der Waals surface area contributed by atoms with Crippen molar-refractivity contribution in [2.45, 2.75) is 39.8 Å². The number of benzene rings is 1. The molecule has 1 aromatic heterocycles. The number of aryl methyl sites for hydroxylation is 2. The standard InChI is InChI=1S/C15H18F2N2O/c1-9(7-12-14(16)5-4-6-15(12)17)18-8-13-10(2)19-20-11(13)3/h4-6,9,18H,7-8H2,1-3H3. The summed E-state index contributed by atoms with van der Waals surface area (Å²) in [6, 6.07) is 3.87. The monoisotopic (exact) mass is 280 g/mol. The number of aromatic nitrogens is 1. The Bertz CT molecular complexity index is 556. The normalized spacial score (nSPS) is 12.7. The predicted molar refractivity (Wildman–Crippen MR) is 72.3 cm³/mol. The first-order valence-electron chi connectivity index (χ1n) is 6.57. The molecule has 0 fully saturated rings. The van der Waals surface area contributed by atoms with Crippen molar-refractivity contribution < 1.29 is 13.3 Å². The second-order valence-corrected chi connectivity index (χ2v) is 4.99. The molecule has 0 radical (unpaired) electrons. The topological polar surface area (TPSA) is 38.1 Å². The van der Waals surface area contributed by atoms with E-state index in [0.717, 1.165) is 17.0 Å². The van der Waals surface area contributed by atoms with Gasteiger partial charge in [-0.05, 0) is 39.3 Å². The van der Waals surface area contributed by atoms with Crippen molar-refractivity contribution in [3.8, 4) is 0 Å². The molecule has 1 aromatic carbocycles.